The number of nitrogens with one attached hydrogen (secondary N) is 1. The van der Waals surface area contributed by atoms with E-state index in [1.165, 1.54) is 11.6 Å². The van der Waals surface area contributed by atoms with Crippen molar-refractivity contribution >= 4 is 33.0 Å². The standard InChI is InChI=1S/C33H37N3O5S2/c1-23-19-36(24(2)22-37)33(38)28-11-7-12-29(34-43(39,40)31-13-8-18-42-31)32(28)41-30(23)21-35(3)20-25-14-16-27(17-15-25)26-9-5-4-6-10-26/h4-18,23-24,30,34,37H,19-22H2,1-3H3/t23-,24+,30-/m0/s1. The first kappa shape index (κ1) is 30.7. The Morgan fingerprint density at radius 3 is 2.42 bits per heavy atom. The summed E-state index contributed by atoms with van der Waals surface area (Å²) in [5, 5.41) is 11.7. The minimum absolute atomic E-state index is 0.115. The molecule has 5 rings (SSSR count). The van der Waals surface area contributed by atoms with Gasteiger partial charge in [-0.05, 0) is 54.2 Å². The van der Waals surface area contributed by atoms with Gasteiger partial charge in [-0.2, -0.15) is 0 Å². The number of rotatable bonds is 10. The number of hydrogen-bond donors (Lipinski definition) is 2. The van der Waals surface area contributed by atoms with Crippen molar-refractivity contribution in [3.63, 3.8) is 0 Å². The molecular formula is C33H37N3O5S2. The van der Waals surface area contributed by atoms with Crippen LogP contribution < -0.4 is 9.46 Å². The van der Waals surface area contributed by atoms with Gasteiger partial charge in [-0.1, -0.05) is 73.7 Å². The van der Waals surface area contributed by atoms with Crippen molar-refractivity contribution in [2.45, 2.75) is 36.7 Å². The molecule has 8 nitrogen and oxygen atoms in total. The summed E-state index contributed by atoms with van der Waals surface area (Å²) < 4.78 is 35.7. The van der Waals surface area contributed by atoms with Crippen molar-refractivity contribution in [1.29, 1.82) is 0 Å². The highest BCUT2D eigenvalue weighted by atomic mass is 32.2. The Hall–Kier alpha value is -3.70. The summed E-state index contributed by atoms with van der Waals surface area (Å²) in [5.41, 5.74) is 3.92. The van der Waals surface area contributed by atoms with Crippen LogP contribution in [-0.4, -0.2) is 68.1 Å². The molecule has 2 N–H and O–H groups in total. The molecule has 4 aromatic rings. The summed E-state index contributed by atoms with van der Waals surface area (Å²) >= 11 is 1.11. The molecule has 0 saturated carbocycles. The lowest BCUT2D eigenvalue weighted by atomic mass is 9.98. The smallest absolute Gasteiger partial charge is 0.271 e. The molecule has 1 aliphatic heterocycles. The third kappa shape index (κ3) is 7.10. The number of likely N-dealkylation sites (N-methyl/N-ethyl adjacent to an activating group) is 1. The van der Waals surface area contributed by atoms with Gasteiger partial charge in [0.05, 0.1) is 23.9 Å². The minimum Gasteiger partial charge on any atom is -0.486 e. The number of para-hydroxylation sites is 1. The van der Waals surface area contributed by atoms with Gasteiger partial charge in [0.15, 0.2) is 5.75 Å². The van der Waals surface area contributed by atoms with E-state index in [2.05, 4.69) is 46.0 Å². The van der Waals surface area contributed by atoms with Gasteiger partial charge in [0, 0.05) is 25.6 Å². The largest absolute Gasteiger partial charge is 0.486 e. The summed E-state index contributed by atoms with van der Waals surface area (Å²) in [6, 6.07) is 26.4. The molecule has 0 bridgehead atoms. The number of carbonyl (C=O) groups excluding carboxylic acids is 1. The van der Waals surface area contributed by atoms with Crippen LogP contribution in [0.2, 0.25) is 0 Å². The maximum Gasteiger partial charge on any atom is 0.271 e. The summed E-state index contributed by atoms with van der Waals surface area (Å²) in [7, 11) is -1.86. The monoisotopic (exact) mass is 619 g/mol. The Kier molecular flexibility index (Phi) is 9.51. The fourth-order valence-electron chi connectivity index (χ4n) is 5.27. The zero-order valence-electron chi connectivity index (χ0n) is 24.5. The minimum atomic E-state index is -3.88. The van der Waals surface area contributed by atoms with Gasteiger partial charge < -0.3 is 14.7 Å². The lowest BCUT2D eigenvalue weighted by Crippen LogP contribution is -2.49. The van der Waals surface area contributed by atoms with Gasteiger partial charge in [0.2, 0.25) is 0 Å². The van der Waals surface area contributed by atoms with Crippen molar-refractivity contribution < 1.29 is 23.1 Å². The first-order valence-electron chi connectivity index (χ1n) is 14.3. The molecule has 0 aliphatic carbocycles. The summed E-state index contributed by atoms with van der Waals surface area (Å²) in [6.07, 6.45) is -0.374. The van der Waals surface area contributed by atoms with E-state index in [-0.39, 0.29) is 45.7 Å². The van der Waals surface area contributed by atoms with E-state index in [4.69, 9.17) is 4.74 Å². The first-order chi connectivity index (χ1) is 20.7. The maximum absolute atomic E-state index is 13.7. The van der Waals surface area contributed by atoms with Crippen LogP contribution >= 0.6 is 11.3 Å². The average molecular weight is 620 g/mol. The number of nitrogens with zero attached hydrogens (tertiary/aromatic N) is 2. The van der Waals surface area contributed by atoms with Crippen molar-refractivity contribution in [2.24, 2.45) is 5.92 Å². The van der Waals surface area contributed by atoms with Crippen molar-refractivity contribution in [3.8, 4) is 16.9 Å². The third-order valence-corrected chi connectivity index (χ3v) is 10.5. The van der Waals surface area contributed by atoms with Crippen LogP contribution in [0.15, 0.2) is 94.5 Å². The van der Waals surface area contributed by atoms with E-state index in [0.29, 0.717) is 19.6 Å². The average Bonchev–Trinajstić information content (AvgIpc) is 3.56. The van der Waals surface area contributed by atoms with Crippen molar-refractivity contribution in [2.75, 3.05) is 31.5 Å². The quantitative estimate of drug-likeness (QED) is 0.241. The maximum atomic E-state index is 13.7. The molecule has 226 valence electrons. The second-order valence-electron chi connectivity index (χ2n) is 11.1. The van der Waals surface area contributed by atoms with Crippen molar-refractivity contribution in [3.05, 3.63) is 101 Å². The highest BCUT2D eigenvalue weighted by Crippen LogP contribution is 2.36. The third-order valence-electron chi connectivity index (χ3n) is 7.70. The molecule has 43 heavy (non-hydrogen) atoms. The van der Waals surface area contributed by atoms with E-state index < -0.39 is 16.1 Å². The van der Waals surface area contributed by atoms with E-state index in [9.17, 15) is 18.3 Å². The van der Waals surface area contributed by atoms with Gasteiger partial charge >= 0.3 is 0 Å². The highest BCUT2D eigenvalue weighted by molar-refractivity contribution is 7.94. The van der Waals surface area contributed by atoms with Gasteiger partial charge in [0.1, 0.15) is 10.3 Å². The molecule has 10 heteroatoms. The molecule has 2 heterocycles. The number of anilines is 1. The Bertz CT molecular complexity index is 1630. The Labute approximate surface area is 257 Å². The lowest BCUT2D eigenvalue weighted by molar-refractivity contribution is 0.0344. The molecule has 0 radical (unpaired) electrons. The fourth-order valence-corrected chi connectivity index (χ4v) is 7.33. The zero-order chi connectivity index (χ0) is 30.6. The molecule has 0 fully saturated rings. The van der Waals surface area contributed by atoms with Crippen molar-refractivity contribution in [1.82, 2.24) is 9.80 Å². The summed E-state index contributed by atoms with van der Waals surface area (Å²) in [6.45, 7) is 5.22. The molecule has 0 unspecified atom stereocenters. The molecule has 0 spiro atoms. The number of aliphatic hydroxyl groups excluding tert-OH is 1. The fraction of sp³-hybridized carbons (Fsp3) is 0.303. The molecule has 3 aromatic carbocycles. The van der Waals surface area contributed by atoms with Gasteiger partial charge in [-0.3, -0.25) is 14.4 Å². The number of benzene rings is 3. The number of hydrogen-bond acceptors (Lipinski definition) is 7. The summed E-state index contributed by atoms with van der Waals surface area (Å²) in [5.74, 6) is -0.234. The predicted molar refractivity (Wildman–Crippen MR) is 171 cm³/mol. The number of carbonyl (C=O) groups is 1. The van der Waals surface area contributed by atoms with Gasteiger partial charge in [0.25, 0.3) is 15.9 Å². The van der Waals surface area contributed by atoms with Crippen LogP contribution in [0.4, 0.5) is 5.69 Å². The first-order valence-corrected chi connectivity index (χ1v) is 16.6. The second kappa shape index (κ2) is 13.3. The highest BCUT2D eigenvalue weighted by Gasteiger charge is 2.35. The van der Waals surface area contributed by atoms with Crippen LogP contribution in [0.25, 0.3) is 11.1 Å². The molecular weight excluding hydrogens is 583 g/mol. The number of aliphatic hydroxyl groups is 1. The lowest BCUT2D eigenvalue weighted by Gasteiger charge is -2.38. The number of ether oxygens (including phenoxy) is 1. The van der Waals surface area contributed by atoms with E-state index in [1.54, 1.807) is 41.5 Å². The number of sulfonamides is 1. The Morgan fingerprint density at radius 1 is 1.02 bits per heavy atom. The Morgan fingerprint density at radius 2 is 1.74 bits per heavy atom. The molecule has 1 amide bonds. The molecule has 1 aliphatic rings. The van der Waals surface area contributed by atoms with Crippen LogP contribution in [-0.2, 0) is 16.6 Å². The SMILES string of the molecule is C[C@H](CO)N1C[C@H](C)[C@H](CN(C)Cc2ccc(-c3ccccc3)cc2)Oc2c(NS(=O)(=O)c3cccs3)cccc2C1=O. The number of thiophene rings is 1. The van der Waals surface area contributed by atoms with Crippen LogP contribution in [0.1, 0.15) is 29.8 Å². The Balaban J connectivity index is 1.41. The molecule has 3 atom stereocenters. The van der Waals surface area contributed by atoms with Crippen LogP contribution in [0, 0.1) is 5.92 Å². The predicted octanol–water partition coefficient (Wildman–Crippen LogP) is 5.57. The van der Waals surface area contributed by atoms with E-state index in [1.807, 2.05) is 32.2 Å². The molecule has 0 saturated heterocycles. The summed E-state index contributed by atoms with van der Waals surface area (Å²) in [4.78, 5) is 17.5. The van der Waals surface area contributed by atoms with E-state index >= 15 is 0 Å². The zero-order valence-corrected chi connectivity index (χ0v) is 26.1. The topological polar surface area (TPSA) is 99.2 Å². The second-order valence-corrected chi connectivity index (χ2v) is 14.0. The normalized spacial score (nSPS) is 18.0. The van der Waals surface area contributed by atoms with E-state index in [0.717, 1.165) is 22.5 Å². The van der Waals surface area contributed by atoms with Gasteiger partial charge in [-0.25, -0.2) is 8.42 Å². The van der Waals surface area contributed by atoms with Crippen LogP contribution in [0.5, 0.6) is 5.75 Å². The van der Waals surface area contributed by atoms with Gasteiger partial charge in [-0.15, -0.1) is 11.3 Å². The molecule has 1 aromatic heterocycles. The number of amides is 1. The number of fused-ring (bicyclic) bond motifs is 1. The van der Waals surface area contributed by atoms with Crippen LogP contribution in [0.3, 0.4) is 0 Å².